The lowest BCUT2D eigenvalue weighted by Crippen LogP contribution is -2.12. The first-order valence-electron chi connectivity index (χ1n) is 6.06. The monoisotopic (exact) mass is 305 g/mol. The summed E-state index contributed by atoms with van der Waals surface area (Å²) < 4.78 is 23.6. The average Bonchev–Trinajstić information content (AvgIpc) is 2.53. The van der Waals surface area contributed by atoms with Gasteiger partial charge in [-0.25, -0.2) is 19.2 Å². The van der Waals surface area contributed by atoms with Crippen molar-refractivity contribution < 1.29 is 23.5 Å². The molecular formula is C14H12FN3O4. The van der Waals surface area contributed by atoms with Gasteiger partial charge in [0.25, 0.3) is 0 Å². The number of nitrogens with zero attached hydrogens (tertiary/aromatic N) is 2. The van der Waals surface area contributed by atoms with Crippen LogP contribution in [0.1, 0.15) is 20.8 Å². The molecule has 0 bridgehead atoms. The summed E-state index contributed by atoms with van der Waals surface area (Å²) in [6.45, 7) is 0. The van der Waals surface area contributed by atoms with Crippen molar-refractivity contribution in [2.45, 2.75) is 0 Å². The van der Waals surface area contributed by atoms with E-state index in [1.54, 1.807) is 0 Å². The number of hydrogen-bond donors (Lipinski definition) is 1. The fourth-order valence-electron chi connectivity index (χ4n) is 1.81. The van der Waals surface area contributed by atoms with Gasteiger partial charge in [-0.1, -0.05) is 6.07 Å². The van der Waals surface area contributed by atoms with E-state index >= 15 is 0 Å². The number of nitrogens with two attached hydrogens (primary N) is 1. The van der Waals surface area contributed by atoms with E-state index in [4.69, 9.17) is 10.5 Å². The maximum atomic E-state index is 14.0. The molecule has 114 valence electrons. The molecule has 0 amide bonds. The highest BCUT2D eigenvalue weighted by Gasteiger charge is 2.22. The van der Waals surface area contributed by atoms with Crippen LogP contribution in [0, 0.1) is 5.82 Å². The molecule has 0 aliphatic rings. The zero-order valence-electron chi connectivity index (χ0n) is 11.8. The fourth-order valence-corrected chi connectivity index (χ4v) is 1.81. The Morgan fingerprint density at radius 3 is 2.59 bits per heavy atom. The molecule has 0 aliphatic carbocycles. The van der Waals surface area contributed by atoms with Crippen LogP contribution in [-0.2, 0) is 4.74 Å². The number of carbonyl (C=O) groups is 2. The van der Waals surface area contributed by atoms with Crippen LogP contribution >= 0.6 is 0 Å². The van der Waals surface area contributed by atoms with E-state index in [0.717, 1.165) is 6.07 Å². The van der Waals surface area contributed by atoms with Crippen molar-refractivity contribution in [3.63, 3.8) is 0 Å². The van der Waals surface area contributed by atoms with E-state index in [1.165, 1.54) is 26.4 Å². The Labute approximate surface area is 124 Å². The molecule has 0 spiro atoms. The summed E-state index contributed by atoms with van der Waals surface area (Å²) >= 11 is 0. The Morgan fingerprint density at radius 1 is 1.32 bits per heavy atom. The number of anilines is 1. The summed E-state index contributed by atoms with van der Waals surface area (Å²) in [7, 11) is 2.46. The lowest BCUT2D eigenvalue weighted by molar-refractivity contribution is 0.0590. The lowest BCUT2D eigenvalue weighted by atomic mass is 10.1. The molecule has 2 rings (SSSR count). The van der Waals surface area contributed by atoms with E-state index in [2.05, 4.69) is 14.7 Å². The molecule has 2 aromatic rings. The highest BCUT2D eigenvalue weighted by Crippen LogP contribution is 2.28. The Hall–Kier alpha value is -3.03. The molecule has 0 saturated carbocycles. The molecular weight excluding hydrogens is 293 g/mol. The molecule has 8 heteroatoms. The minimum absolute atomic E-state index is 0.00916. The third-order valence-electron chi connectivity index (χ3n) is 2.84. The molecule has 2 N–H and O–H groups in total. The Morgan fingerprint density at radius 2 is 2.05 bits per heavy atom. The third kappa shape index (κ3) is 2.71. The van der Waals surface area contributed by atoms with Crippen molar-refractivity contribution in [1.29, 1.82) is 0 Å². The van der Waals surface area contributed by atoms with Gasteiger partial charge in [0, 0.05) is 5.56 Å². The molecule has 1 aromatic heterocycles. The largest absolute Gasteiger partial charge is 0.491 e. The number of methoxy groups -OCH3 is 2. The van der Waals surface area contributed by atoms with Crippen molar-refractivity contribution in [2.75, 3.05) is 20.0 Å². The van der Waals surface area contributed by atoms with Gasteiger partial charge in [-0.15, -0.1) is 0 Å². The van der Waals surface area contributed by atoms with Crippen LogP contribution in [0.15, 0.2) is 18.2 Å². The first-order chi connectivity index (χ1) is 10.5. The van der Waals surface area contributed by atoms with E-state index in [1.807, 2.05) is 0 Å². The number of nitrogen functional groups attached to an aromatic ring is 1. The number of rotatable bonds is 4. The number of aldehydes is 1. The summed E-state index contributed by atoms with van der Waals surface area (Å²) in [4.78, 5) is 30.2. The number of esters is 1. The summed E-state index contributed by atoms with van der Waals surface area (Å²) in [5.74, 6) is -1.82. The number of carbonyl (C=O) groups excluding carboxylic acids is 2. The summed E-state index contributed by atoms with van der Waals surface area (Å²) in [6.07, 6.45) is 0.510. The minimum atomic E-state index is -0.794. The predicted molar refractivity (Wildman–Crippen MR) is 75.1 cm³/mol. The SMILES string of the molecule is COC(=O)c1nc(-c2ccc(C=O)cc2F)nc(N)c1OC. The van der Waals surface area contributed by atoms with Crippen molar-refractivity contribution in [1.82, 2.24) is 9.97 Å². The van der Waals surface area contributed by atoms with Gasteiger partial charge in [-0.2, -0.15) is 0 Å². The van der Waals surface area contributed by atoms with E-state index in [0.29, 0.717) is 6.29 Å². The molecule has 0 atom stereocenters. The molecule has 0 aliphatic heterocycles. The summed E-state index contributed by atoms with van der Waals surface area (Å²) in [5.41, 5.74) is 5.64. The molecule has 0 saturated heterocycles. The molecule has 0 fully saturated rings. The standard InChI is InChI=1S/C14H12FN3O4/c1-21-11-10(14(20)22-2)17-13(18-12(11)16)8-4-3-7(6-19)5-9(8)15/h3-6H,1-2H3,(H2,16,17,18). The quantitative estimate of drug-likeness (QED) is 0.673. The molecule has 1 heterocycles. The zero-order valence-corrected chi connectivity index (χ0v) is 11.8. The van der Waals surface area contributed by atoms with Gasteiger partial charge in [-0.3, -0.25) is 4.79 Å². The number of ether oxygens (including phenoxy) is 2. The Bertz CT molecular complexity index is 749. The van der Waals surface area contributed by atoms with Crippen LogP contribution in [0.5, 0.6) is 5.75 Å². The second-order valence-electron chi connectivity index (χ2n) is 4.16. The molecule has 22 heavy (non-hydrogen) atoms. The second kappa shape index (κ2) is 6.17. The fraction of sp³-hybridized carbons (Fsp3) is 0.143. The number of benzene rings is 1. The first kappa shape index (κ1) is 15.4. The van der Waals surface area contributed by atoms with Gasteiger partial charge < -0.3 is 15.2 Å². The minimum Gasteiger partial charge on any atom is -0.491 e. The smallest absolute Gasteiger partial charge is 0.360 e. The van der Waals surface area contributed by atoms with Gasteiger partial charge in [0.1, 0.15) is 12.1 Å². The summed E-state index contributed by atoms with van der Waals surface area (Å²) in [6, 6.07) is 3.75. The van der Waals surface area contributed by atoms with Gasteiger partial charge in [0.15, 0.2) is 23.1 Å². The highest BCUT2D eigenvalue weighted by molar-refractivity contribution is 5.92. The van der Waals surface area contributed by atoms with Crippen LogP contribution in [0.2, 0.25) is 0 Å². The van der Waals surface area contributed by atoms with Crippen molar-refractivity contribution in [3.8, 4) is 17.1 Å². The predicted octanol–water partition coefficient (Wildman–Crippen LogP) is 1.47. The molecule has 1 aromatic carbocycles. The summed E-state index contributed by atoms with van der Waals surface area (Å²) in [5, 5.41) is 0. The Kier molecular flexibility index (Phi) is 4.31. The van der Waals surface area contributed by atoms with E-state index < -0.39 is 11.8 Å². The third-order valence-corrected chi connectivity index (χ3v) is 2.84. The van der Waals surface area contributed by atoms with E-state index in [9.17, 15) is 14.0 Å². The van der Waals surface area contributed by atoms with Gasteiger partial charge in [0.2, 0.25) is 0 Å². The van der Waals surface area contributed by atoms with Gasteiger partial charge in [-0.05, 0) is 12.1 Å². The Balaban J connectivity index is 2.64. The average molecular weight is 305 g/mol. The van der Waals surface area contributed by atoms with Crippen LogP contribution < -0.4 is 10.5 Å². The maximum Gasteiger partial charge on any atom is 0.360 e. The normalized spacial score (nSPS) is 10.1. The van der Waals surface area contributed by atoms with E-state index in [-0.39, 0.29) is 34.2 Å². The number of halogens is 1. The maximum absolute atomic E-state index is 14.0. The lowest BCUT2D eigenvalue weighted by Gasteiger charge is -2.11. The topological polar surface area (TPSA) is 104 Å². The van der Waals surface area contributed by atoms with Crippen LogP contribution in [0.3, 0.4) is 0 Å². The van der Waals surface area contributed by atoms with Crippen molar-refractivity contribution >= 4 is 18.1 Å². The van der Waals surface area contributed by atoms with Crippen LogP contribution in [0.4, 0.5) is 10.2 Å². The second-order valence-corrected chi connectivity index (χ2v) is 4.16. The molecule has 0 unspecified atom stereocenters. The van der Waals surface area contributed by atoms with Crippen molar-refractivity contribution in [2.24, 2.45) is 0 Å². The molecule has 7 nitrogen and oxygen atoms in total. The van der Waals surface area contributed by atoms with Gasteiger partial charge >= 0.3 is 5.97 Å². The first-order valence-corrected chi connectivity index (χ1v) is 6.06. The number of aromatic nitrogens is 2. The van der Waals surface area contributed by atoms with Crippen LogP contribution in [0.25, 0.3) is 11.4 Å². The van der Waals surface area contributed by atoms with Crippen LogP contribution in [-0.4, -0.2) is 36.4 Å². The van der Waals surface area contributed by atoms with Crippen molar-refractivity contribution in [3.05, 3.63) is 35.3 Å². The zero-order chi connectivity index (χ0) is 16.3. The molecule has 0 radical (unpaired) electrons. The number of hydrogen-bond acceptors (Lipinski definition) is 7. The van der Waals surface area contributed by atoms with Gasteiger partial charge in [0.05, 0.1) is 19.8 Å². The highest BCUT2D eigenvalue weighted by atomic mass is 19.1.